The molecule has 1 amide bonds. The fourth-order valence-electron chi connectivity index (χ4n) is 5.52. The van der Waals surface area contributed by atoms with Crippen molar-refractivity contribution in [1.82, 2.24) is 4.90 Å². The van der Waals surface area contributed by atoms with Crippen molar-refractivity contribution >= 4 is 11.6 Å². The minimum atomic E-state index is 0.218. The number of hydrogen-bond donors (Lipinski definition) is 0. The summed E-state index contributed by atoms with van der Waals surface area (Å²) in [6.45, 7) is 4.03. The Hall–Kier alpha value is -2.91. The van der Waals surface area contributed by atoms with Gasteiger partial charge in [-0.15, -0.1) is 0 Å². The van der Waals surface area contributed by atoms with Crippen LogP contribution in [-0.2, 0) is 4.79 Å². The van der Waals surface area contributed by atoms with E-state index in [9.17, 15) is 4.79 Å². The molecule has 3 nitrogen and oxygen atoms in total. The molecular formula is C28H30N2O. The van der Waals surface area contributed by atoms with Crippen molar-refractivity contribution < 1.29 is 4.79 Å². The molecule has 1 fully saturated rings. The maximum atomic E-state index is 13.0. The van der Waals surface area contributed by atoms with Crippen LogP contribution in [0.4, 0.5) is 5.69 Å². The fraction of sp³-hybridized carbons (Fsp3) is 0.321. The van der Waals surface area contributed by atoms with Gasteiger partial charge in [0.2, 0.25) is 5.91 Å². The van der Waals surface area contributed by atoms with E-state index in [0.717, 1.165) is 31.6 Å². The lowest BCUT2D eigenvalue weighted by Crippen LogP contribution is -2.51. The van der Waals surface area contributed by atoms with Crippen molar-refractivity contribution in [3.05, 3.63) is 102 Å². The number of piperidine rings is 1. The largest absolute Gasteiger partial charge is 0.309 e. The Kier molecular flexibility index (Phi) is 5.61. The number of hydrogen-bond acceptors (Lipinski definition) is 2. The summed E-state index contributed by atoms with van der Waals surface area (Å²) in [7, 11) is 0. The molecule has 2 aliphatic heterocycles. The number of nitrogens with zero attached hydrogens (tertiary/aromatic N) is 2. The maximum Gasteiger partial charge on any atom is 0.226 e. The molecular weight excluding hydrogens is 380 g/mol. The fourth-order valence-corrected chi connectivity index (χ4v) is 5.52. The summed E-state index contributed by atoms with van der Waals surface area (Å²) in [6, 6.07) is 30.6. The highest BCUT2D eigenvalue weighted by Gasteiger charge is 2.40. The van der Waals surface area contributed by atoms with Gasteiger partial charge in [-0.25, -0.2) is 0 Å². The van der Waals surface area contributed by atoms with E-state index in [1.54, 1.807) is 0 Å². The van der Waals surface area contributed by atoms with E-state index in [0.29, 0.717) is 18.4 Å². The first-order valence-electron chi connectivity index (χ1n) is 11.5. The molecule has 0 aromatic heterocycles. The molecule has 1 saturated heterocycles. The van der Waals surface area contributed by atoms with E-state index in [4.69, 9.17) is 0 Å². The summed E-state index contributed by atoms with van der Waals surface area (Å²) in [6.07, 6.45) is 2.53. The third kappa shape index (κ3) is 3.79. The zero-order chi connectivity index (χ0) is 21.2. The van der Waals surface area contributed by atoms with Crippen molar-refractivity contribution in [1.29, 1.82) is 0 Å². The Morgan fingerprint density at radius 3 is 2.26 bits per heavy atom. The van der Waals surface area contributed by atoms with Gasteiger partial charge in [0.1, 0.15) is 0 Å². The van der Waals surface area contributed by atoms with E-state index in [-0.39, 0.29) is 11.9 Å². The van der Waals surface area contributed by atoms with E-state index in [2.05, 4.69) is 76.5 Å². The van der Waals surface area contributed by atoms with Gasteiger partial charge in [-0.1, -0.05) is 79.7 Å². The second kappa shape index (κ2) is 8.68. The highest BCUT2D eigenvalue weighted by atomic mass is 16.2. The number of benzene rings is 3. The number of amides is 1. The normalized spacial score (nSPS) is 22.9. The number of rotatable bonds is 4. The lowest BCUT2D eigenvalue weighted by atomic mass is 9.77. The second-order valence-electron chi connectivity index (χ2n) is 8.73. The lowest BCUT2D eigenvalue weighted by molar-refractivity contribution is -0.119. The molecule has 0 spiro atoms. The minimum Gasteiger partial charge on any atom is -0.309 e. The molecule has 3 atom stereocenters. The van der Waals surface area contributed by atoms with Gasteiger partial charge in [-0.3, -0.25) is 9.69 Å². The first-order valence-corrected chi connectivity index (χ1v) is 11.5. The molecule has 0 unspecified atom stereocenters. The molecule has 0 aliphatic carbocycles. The zero-order valence-corrected chi connectivity index (χ0v) is 18.2. The monoisotopic (exact) mass is 410 g/mol. The van der Waals surface area contributed by atoms with Gasteiger partial charge in [0.15, 0.2) is 0 Å². The van der Waals surface area contributed by atoms with E-state index in [1.807, 2.05) is 25.1 Å². The standard InChI is InChI=1S/C28H30N2O/c1-2-28(31)30(22-13-7-4-8-14-22)23-17-18-29-20-26(21-11-5-3-6-12-21)24-15-9-10-16-25(24)27(29)19-23/h3-16,23,26-27H,2,17-20H2,1H3/t23-,26-,27-/m0/s1. The van der Waals surface area contributed by atoms with Crippen LogP contribution >= 0.6 is 0 Å². The van der Waals surface area contributed by atoms with Crippen molar-refractivity contribution in [3.8, 4) is 0 Å². The summed E-state index contributed by atoms with van der Waals surface area (Å²) in [5, 5.41) is 0. The van der Waals surface area contributed by atoms with Crippen LogP contribution in [0.2, 0.25) is 0 Å². The summed E-state index contributed by atoms with van der Waals surface area (Å²) < 4.78 is 0. The molecule has 3 aromatic carbocycles. The van der Waals surface area contributed by atoms with Gasteiger partial charge in [0, 0.05) is 43.2 Å². The average Bonchev–Trinajstić information content (AvgIpc) is 2.85. The van der Waals surface area contributed by atoms with Crippen LogP contribution in [0.1, 0.15) is 54.8 Å². The highest BCUT2D eigenvalue weighted by molar-refractivity contribution is 5.93. The van der Waals surface area contributed by atoms with Crippen LogP contribution in [-0.4, -0.2) is 29.9 Å². The molecule has 5 rings (SSSR count). The van der Waals surface area contributed by atoms with Crippen LogP contribution in [0.3, 0.4) is 0 Å². The van der Waals surface area contributed by atoms with E-state index in [1.165, 1.54) is 16.7 Å². The Morgan fingerprint density at radius 2 is 1.55 bits per heavy atom. The summed E-state index contributed by atoms with van der Waals surface area (Å²) in [5.74, 6) is 0.628. The number of carbonyl (C=O) groups excluding carboxylic acids is 1. The maximum absolute atomic E-state index is 13.0. The summed E-state index contributed by atoms with van der Waals surface area (Å²) in [4.78, 5) is 17.7. The number of carbonyl (C=O) groups is 1. The Morgan fingerprint density at radius 1 is 0.903 bits per heavy atom. The predicted octanol–water partition coefficient (Wildman–Crippen LogP) is 5.78. The van der Waals surface area contributed by atoms with Crippen molar-refractivity contribution in [2.45, 2.75) is 44.2 Å². The first-order chi connectivity index (χ1) is 15.3. The Bertz CT molecular complexity index is 1030. The molecule has 0 saturated carbocycles. The molecule has 2 aliphatic rings. The molecule has 3 heteroatoms. The van der Waals surface area contributed by atoms with Crippen LogP contribution in [0.15, 0.2) is 84.9 Å². The minimum absolute atomic E-state index is 0.218. The summed E-state index contributed by atoms with van der Waals surface area (Å²) >= 11 is 0. The zero-order valence-electron chi connectivity index (χ0n) is 18.2. The number of para-hydroxylation sites is 1. The predicted molar refractivity (Wildman–Crippen MR) is 126 cm³/mol. The summed E-state index contributed by atoms with van der Waals surface area (Å²) in [5.41, 5.74) is 5.30. The number of anilines is 1. The molecule has 2 heterocycles. The smallest absolute Gasteiger partial charge is 0.226 e. The van der Waals surface area contributed by atoms with Gasteiger partial charge in [-0.2, -0.15) is 0 Å². The van der Waals surface area contributed by atoms with E-state index < -0.39 is 0 Å². The highest BCUT2D eigenvalue weighted by Crippen LogP contribution is 2.44. The van der Waals surface area contributed by atoms with Crippen LogP contribution < -0.4 is 4.90 Å². The van der Waals surface area contributed by atoms with Crippen LogP contribution in [0.25, 0.3) is 0 Å². The third-order valence-corrected chi connectivity index (χ3v) is 7.01. The second-order valence-corrected chi connectivity index (χ2v) is 8.73. The Balaban J connectivity index is 1.48. The van der Waals surface area contributed by atoms with E-state index >= 15 is 0 Å². The molecule has 158 valence electrons. The quantitative estimate of drug-likeness (QED) is 0.544. The molecule has 3 aromatic rings. The molecule has 0 N–H and O–H groups in total. The third-order valence-electron chi connectivity index (χ3n) is 7.01. The van der Waals surface area contributed by atoms with Crippen LogP contribution in [0.5, 0.6) is 0 Å². The Labute approximate surface area is 185 Å². The molecule has 0 bridgehead atoms. The number of fused-ring (bicyclic) bond motifs is 3. The van der Waals surface area contributed by atoms with Crippen molar-refractivity contribution in [2.24, 2.45) is 0 Å². The van der Waals surface area contributed by atoms with Gasteiger partial charge in [0.05, 0.1) is 0 Å². The van der Waals surface area contributed by atoms with Gasteiger partial charge in [0.25, 0.3) is 0 Å². The van der Waals surface area contributed by atoms with Gasteiger partial charge >= 0.3 is 0 Å². The van der Waals surface area contributed by atoms with Crippen LogP contribution in [0, 0.1) is 0 Å². The topological polar surface area (TPSA) is 23.6 Å². The molecule has 0 radical (unpaired) electrons. The lowest BCUT2D eigenvalue weighted by Gasteiger charge is -2.48. The van der Waals surface area contributed by atoms with Crippen molar-refractivity contribution in [3.63, 3.8) is 0 Å². The van der Waals surface area contributed by atoms with Gasteiger partial charge < -0.3 is 4.90 Å². The molecule has 31 heavy (non-hydrogen) atoms. The first kappa shape index (κ1) is 20.0. The van der Waals surface area contributed by atoms with Crippen molar-refractivity contribution in [2.75, 3.05) is 18.0 Å². The SMILES string of the molecule is CCC(=O)N(c1ccccc1)[C@H]1CCN2C[C@@H](c3ccccc3)c3ccccc3[C@@H]2C1. The van der Waals surface area contributed by atoms with Gasteiger partial charge in [-0.05, 0) is 41.7 Å². The average molecular weight is 411 g/mol.